The Morgan fingerprint density at radius 3 is 1.42 bits per heavy atom. The number of aliphatic carboxylic acids is 1. The molecule has 6 fully saturated rings. The molecular weight excluding hydrogens is 990 g/mol. The molecule has 7 aliphatic rings. The van der Waals surface area contributed by atoms with E-state index in [2.05, 4.69) is 11.9 Å². The number of allylic oxidation sites excluding steroid dienone is 1. The predicted molar refractivity (Wildman–Crippen MR) is 292 cm³/mol. The van der Waals surface area contributed by atoms with Crippen LogP contribution < -0.4 is 5.32 Å². The van der Waals surface area contributed by atoms with Gasteiger partial charge in [-0.25, -0.2) is 24.0 Å². The molecule has 17 heteroatoms. The molecule has 4 saturated heterocycles. The highest BCUT2D eigenvalue weighted by molar-refractivity contribution is 5.85. The van der Waals surface area contributed by atoms with Crippen LogP contribution >= 0.6 is 12.4 Å². The Hall–Kier alpha value is -6.88. The molecule has 0 radical (unpaired) electrons. The summed E-state index contributed by atoms with van der Waals surface area (Å²) < 4.78 is 26.0. The van der Waals surface area contributed by atoms with Crippen molar-refractivity contribution in [2.75, 3.05) is 39.8 Å². The maximum absolute atomic E-state index is 11.8. The summed E-state index contributed by atoms with van der Waals surface area (Å²) in [6.07, 6.45) is 13.3. The SMILES string of the molecule is C1CC2CC2N1.C=CC.COC1CCCN1C(=O)OCc1ccccc1.Cl.O=C(O)[C@@H]1CCCN1C(=O)OCc1ccccc1.O=C(OCc1ccccc1)N1C=CCC1.O=C(OCc1ccccc1)N1CCC2CC21. The van der Waals surface area contributed by atoms with Crippen molar-refractivity contribution in [3.63, 3.8) is 0 Å². The summed E-state index contributed by atoms with van der Waals surface area (Å²) in [5.74, 6) is 0.901. The van der Waals surface area contributed by atoms with Crippen molar-refractivity contribution in [2.45, 2.75) is 115 Å². The molecule has 0 bridgehead atoms. The number of rotatable bonds is 10. The largest absolute Gasteiger partial charge is 0.480 e. The van der Waals surface area contributed by atoms with E-state index in [1.165, 1.54) is 30.7 Å². The van der Waals surface area contributed by atoms with Gasteiger partial charge in [0.25, 0.3) is 0 Å². The highest BCUT2D eigenvalue weighted by atomic mass is 35.5. The molecule has 4 aromatic rings. The fraction of sp³-hybridized carbons (Fsp3) is 0.441. The second-order valence-electron chi connectivity index (χ2n) is 19.0. The minimum absolute atomic E-state index is 0. The fourth-order valence-electron chi connectivity index (χ4n) is 9.17. The first-order chi connectivity index (χ1) is 36.6. The zero-order valence-electron chi connectivity index (χ0n) is 43.9. The maximum Gasteiger partial charge on any atom is 0.414 e. The number of likely N-dealkylation sites (tertiary alicyclic amines) is 3. The average molecular weight is 1070 g/mol. The van der Waals surface area contributed by atoms with Crippen LogP contribution in [0.4, 0.5) is 19.2 Å². The number of hydrogen-bond acceptors (Lipinski definition) is 11. The minimum atomic E-state index is -0.968. The van der Waals surface area contributed by atoms with Gasteiger partial charge < -0.3 is 39.0 Å². The van der Waals surface area contributed by atoms with E-state index in [0.717, 1.165) is 78.9 Å². The Bertz CT molecular complexity index is 2400. The van der Waals surface area contributed by atoms with Gasteiger partial charge in [0.1, 0.15) is 38.7 Å². The van der Waals surface area contributed by atoms with E-state index in [-0.39, 0.29) is 43.5 Å². The molecule has 0 spiro atoms. The molecule has 76 heavy (non-hydrogen) atoms. The number of carboxylic acid groups (broad SMARTS) is 1. The second kappa shape index (κ2) is 32.5. The third-order valence-electron chi connectivity index (χ3n) is 13.5. The van der Waals surface area contributed by atoms with E-state index in [4.69, 9.17) is 28.8 Å². The van der Waals surface area contributed by atoms with Crippen LogP contribution in [0.5, 0.6) is 0 Å². The fourth-order valence-corrected chi connectivity index (χ4v) is 9.17. The first-order valence-electron chi connectivity index (χ1n) is 26.2. The summed E-state index contributed by atoms with van der Waals surface area (Å²) >= 11 is 0. The first kappa shape index (κ1) is 60.0. The Morgan fingerprint density at radius 2 is 1.05 bits per heavy atom. The number of piperidine rings is 2. The van der Waals surface area contributed by atoms with Crippen molar-refractivity contribution in [2.24, 2.45) is 11.8 Å². The van der Waals surface area contributed by atoms with E-state index < -0.39 is 18.1 Å². The van der Waals surface area contributed by atoms with Gasteiger partial charge in [0, 0.05) is 51.6 Å². The molecule has 5 unspecified atom stereocenters. The van der Waals surface area contributed by atoms with Gasteiger partial charge in [-0.05, 0) is 105 Å². The van der Waals surface area contributed by atoms with Crippen LogP contribution in [0.3, 0.4) is 0 Å². The number of fused-ring (bicyclic) bond motifs is 2. The highest BCUT2D eigenvalue weighted by Crippen LogP contribution is 2.44. The van der Waals surface area contributed by atoms with E-state index in [9.17, 15) is 24.0 Å². The number of nitrogens with one attached hydrogen (secondary N) is 1. The Labute approximate surface area is 454 Å². The van der Waals surface area contributed by atoms with Gasteiger partial charge in [-0.15, -0.1) is 19.0 Å². The van der Waals surface area contributed by atoms with Gasteiger partial charge >= 0.3 is 30.3 Å². The molecule has 16 nitrogen and oxygen atoms in total. The van der Waals surface area contributed by atoms with Crippen LogP contribution in [-0.4, -0.2) is 119 Å². The Morgan fingerprint density at radius 1 is 0.592 bits per heavy atom. The summed E-state index contributed by atoms with van der Waals surface area (Å²) in [5, 5.41) is 12.4. The standard InChI is InChI=1S/C13H15NO4.C13H17NO3.C13H15NO2.C12H13NO2.C5H9N.C3H6.ClH/c15-12(16)11-7-4-8-14(11)13(17)18-9-10-5-2-1-3-6-10;1-16-12-8-5-9-14(12)13(15)17-10-11-6-3-2-4-7-11;15-13(14-7-6-11-8-12(11)14)16-9-10-4-2-1-3-5-10;14-12(13-8-4-5-9-13)15-10-11-6-2-1-3-7-11;1-2-6-5-3-4(1)5;1-3-2;/h1-3,5-6,11H,4,7-9H2,(H,15,16);2-4,6-7,12H,5,8-10H2,1H3;1-5,11-12H,6-9H2;1-4,6-8H,5,9-10H2;4-6H,1-3H2;3H,1H2,2H3;1H/t11-;;;;;;/m0....../s1. The molecule has 2 saturated carbocycles. The number of hydrogen-bond donors (Lipinski definition) is 2. The number of benzene rings is 4. The molecule has 11 rings (SSSR count). The molecule has 6 atom stereocenters. The van der Waals surface area contributed by atoms with Crippen molar-refractivity contribution in [3.8, 4) is 0 Å². The summed E-state index contributed by atoms with van der Waals surface area (Å²) in [6, 6.07) is 39.2. The van der Waals surface area contributed by atoms with Crippen molar-refractivity contribution in [3.05, 3.63) is 169 Å². The third-order valence-corrected chi connectivity index (χ3v) is 13.5. The predicted octanol–water partition coefficient (Wildman–Crippen LogP) is 11.2. The molecule has 410 valence electrons. The number of carboxylic acids is 1. The lowest BCUT2D eigenvalue weighted by Crippen LogP contribution is -2.40. The topological polar surface area (TPSA) is 177 Å². The lowest BCUT2D eigenvalue weighted by molar-refractivity contribution is -0.141. The molecular formula is C59H76ClN5O11. The minimum Gasteiger partial charge on any atom is -0.480 e. The number of nitrogens with zero attached hydrogens (tertiary/aromatic N) is 4. The molecule has 5 aliphatic heterocycles. The number of ether oxygens (including phenoxy) is 5. The van der Waals surface area contributed by atoms with Crippen LogP contribution in [-0.2, 0) is 54.9 Å². The molecule has 2 N–H and O–H groups in total. The Kier molecular flexibility index (Phi) is 25.7. The summed E-state index contributed by atoms with van der Waals surface area (Å²) in [6.45, 7) is 10.5. The van der Waals surface area contributed by atoms with Crippen LogP contribution in [0.2, 0.25) is 0 Å². The van der Waals surface area contributed by atoms with Gasteiger partial charge in [-0.2, -0.15) is 0 Å². The monoisotopic (exact) mass is 1070 g/mol. The van der Waals surface area contributed by atoms with Crippen molar-refractivity contribution >= 4 is 42.7 Å². The van der Waals surface area contributed by atoms with Crippen molar-refractivity contribution in [1.29, 1.82) is 0 Å². The zero-order chi connectivity index (χ0) is 53.2. The van der Waals surface area contributed by atoms with Crippen LogP contribution in [0.15, 0.2) is 146 Å². The molecule has 4 aromatic carbocycles. The Balaban J connectivity index is 0.000000176. The molecule has 0 aromatic heterocycles. The highest BCUT2D eigenvalue weighted by Gasteiger charge is 2.49. The van der Waals surface area contributed by atoms with E-state index >= 15 is 0 Å². The number of carbonyl (C=O) groups is 5. The summed E-state index contributed by atoms with van der Waals surface area (Å²) in [7, 11) is 1.62. The summed E-state index contributed by atoms with van der Waals surface area (Å²) in [5.41, 5.74) is 3.93. The van der Waals surface area contributed by atoms with Gasteiger partial charge in [0.2, 0.25) is 0 Å². The van der Waals surface area contributed by atoms with Crippen molar-refractivity contribution < 1.29 is 52.8 Å². The number of amides is 4. The van der Waals surface area contributed by atoms with E-state index in [1.54, 1.807) is 29.2 Å². The lowest BCUT2D eigenvalue weighted by atomic mass is 10.2. The van der Waals surface area contributed by atoms with Gasteiger partial charge in [0.15, 0.2) is 0 Å². The zero-order valence-corrected chi connectivity index (χ0v) is 44.7. The van der Waals surface area contributed by atoms with E-state index in [0.29, 0.717) is 51.8 Å². The van der Waals surface area contributed by atoms with E-state index in [1.807, 2.05) is 139 Å². The molecule has 5 heterocycles. The normalized spacial score (nSPS) is 21.4. The average Bonchev–Trinajstić information content (AvgIpc) is 3.91. The van der Waals surface area contributed by atoms with Crippen LogP contribution in [0.25, 0.3) is 0 Å². The number of halogens is 1. The van der Waals surface area contributed by atoms with Gasteiger partial charge in [-0.1, -0.05) is 133 Å². The number of carbonyl (C=O) groups excluding carboxylic acids is 4. The quantitative estimate of drug-likeness (QED) is 0.114. The second-order valence-corrected chi connectivity index (χ2v) is 19.0. The van der Waals surface area contributed by atoms with Gasteiger partial charge in [0.05, 0.1) is 0 Å². The van der Waals surface area contributed by atoms with Crippen molar-refractivity contribution in [1.82, 2.24) is 24.9 Å². The summed E-state index contributed by atoms with van der Waals surface area (Å²) in [4.78, 5) is 64.2. The van der Waals surface area contributed by atoms with Gasteiger partial charge in [-0.3, -0.25) is 14.7 Å². The molecule has 2 aliphatic carbocycles. The third kappa shape index (κ3) is 20.0. The lowest BCUT2D eigenvalue weighted by Gasteiger charge is -2.22. The van der Waals surface area contributed by atoms with Crippen LogP contribution in [0.1, 0.15) is 87.0 Å². The van der Waals surface area contributed by atoms with Crippen LogP contribution in [0, 0.1) is 11.8 Å². The maximum atomic E-state index is 11.8. The smallest absolute Gasteiger partial charge is 0.414 e. The number of methoxy groups -OCH3 is 1. The molecule has 4 amide bonds. The first-order valence-corrected chi connectivity index (χ1v) is 26.2.